The lowest BCUT2D eigenvalue weighted by atomic mass is 10.1. The zero-order valence-corrected chi connectivity index (χ0v) is 22.8. The molecule has 3 aromatic carbocycles. The van der Waals surface area contributed by atoms with Crippen molar-refractivity contribution in [3.8, 4) is 11.5 Å². The van der Waals surface area contributed by atoms with Crippen LogP contribution in [0.5, 0.6) is 11.5 Å². The Hall–Kier alpha value is -4.37. The SMILES string of the molecule is CC(C)(C)OC[C@H](NC(=O)c1cc2ccccc2n1Cc1ccc(F)cc1)C(=O)NCCc1ccc(O)c(O)c1. The molecule has 0 fully saturated rings. The highest BCUT2D eigenvalue weighted by atomic mass is 19.1. The fraction of sp³-hybridized carbons (Fsp3) is 0.290. The van der Waals surface area contributed by atoms with Crippen LogP contribution in [0.1, 0.15) is 42.4 Å². The number of fused-ring (bicyclic) bond motifs is 1. The molecule has 9 heteroatoms. The number of phenolic OH excluding ortho intramolecular Hbond substituents is 2. The minimum absolute atomic E-state index is 0.0424. The third kappa shape index (κ3) is 7.39. The Kier molecular flexibility index (Phi) is 8.74. The van der Waals surface area contributed by atoms with E-state index in [0.717, 1.165) is 22.0 Å². The summed E-state index contributed by atoms with van der Waals surface area (Å²) >= 11 is 0. The van der Waals surface area contributed by atoms with E-state index >= 15 is 0 Å². The summed E-state index contributed by atoms with van der Waals surface area (Å²) in [6.45, 7) is 6.13. The van der Waals surface area contributed by atoms with Crippen molar-refractivity contribution in [1.29, 1.82) is 0 Å². The first-order chi connectivity index (χ1) is 19.0. The number of aromatic nitrogens is 1. The number of hydrogen-bond acceptors (Lipinski definition) is 5. The second-order valence-electron chi connectivity index (χ2n) is 10.6. The highest BCUT2D eigenvalue weighted by Crippen LogP contribution is 2.25. The molecule has 0 unspecified atom stereocenters. The normalized spacial score (nSPS) is 12.3. The molecule has 4 N–H and O–H groups in total. The number of para-hydroxylation sites is 1. The van der Waals surface area contributed by atoms with Gasteiger partial charge in [-0.15, -0.1) is 0 Å². The minimum atomic E-state index is -0.975. The molecule has 0 aliphatic rings. The van der Waals surface area contributed by atoms with E-state index in [-0.39, 0.29) is 30.5 Å². The van der Waals surface area contributed by atoms with Crippen LogP contribution in [0, 0.1) is 5.82 Å². The first-order valence-corrected chi connectivity index (χ1v) is 13.1. The zero-order chi connectivity index (χ0) is 28.9. The number of ether oxygens (including phenoxy) is 1. The Balaban J connectivity index is 1.52. The number of carbonyl (C=O) groups excluding carboxylic acids is 2. The van der Waals surface area contributed by atoms with Crippen LogP contribution in [0.15, 0.2) is 72.8 Å². The molecule has 1 aromatic heterocycles. The number of benzene rings is 3. The van der Waals surface area contributed by atoms with Crippen LogP contribution in [-0.4, -0.2) is 51.4 Å². The van der Waals surface area contributed by atoms with Gasteiger partial charge in [-0.2, -0.15) is 0 Å². The highest BCUT2D eigenvalue weighted by molar-refractivity contribution is 6.01. The Morgan fingerprint density at radius 1 is 0.950 bits per heavy atom. The molecule has 4 aromatic rings. The summed E-state index contributed by atoms with van der Waals surface area (Å²) in [5.74, 6) is -1.65. The molecule has 8 nitrogen and oxygen atoms in total. The monoisotopic (exact) mass is 547 g/mol. The van der Waals surface area contributed by atoms with Gasteiger partial charge in [0.1, 0.15) is 17.6 Å². The quantitative estimate of drug-likeness (QED) is 0.218. The Morgan fingerprint density at radius 3 is 2.35 bits per heavy atom. The van der Waals surface area contributed by atoms with E-state index < -0.39 is 23.5 Å². The van der Waals surface area contributed by atoms with Gasteiger partial charge in [0, 0.05) is 24.0 Å². The molecule has 40 heavy (non-hydrogen) atoms. The maximum atomic E-state index is 13.6. The molecular formula is C31H34FN3O5. The molecule has 4 rings (SSSR count). The van der Waals surface area contributed by atoms with Gasteiger partial charge >= 0.3 is 0 Å². The fourth-order valence-corrected chi connectivity index (χ4v) is 4.27. The second-order valence-corrected chi connectivity index (χ2v) is 10.6. The van der Waals surface area contributed by atoms with Crippen molar-refractivity contribution >= 4 is 22.7 Å². The van der Waals surface area contributed by atoms with E-state index in [9.17, 15) is 24.2 Å². The predicted octanol–water partition coefficient (Wildman–Crippen LogP) is 4.51. The van der Waals surface area contributed by atoms with Crippen molar-refractivity contribution < 1.29 is 28.9 Å². The van der Waals surface area contributed by atoms with E-state index in [4.69, 9.17) is 4.74 Å². The van der Waals surface area contributed by atoms with Gasteiger partial charge in [-0.3, -0.25) is 9.59 Å². The summed E-state index contributed by atoms with van der Waals surface area (Å²) in [6, 6.07) is 19.0. The highest BCUT2D eigenvalue weighted by Gasteiger charge is 2.26. The van der Waals surface area contributed by atoms with E-state index in [1.165, 1.54) is 24.3 Å². The third-order valence-corrected chi connectivity index (χ3v) is 6.35. The lowest BCUT2D eigenvalue weighted by molar-refractivity contribution is -0.126. The largest absolute Gasteiger partial charge is 0.504 e. The van der Waals surface area contributed by atoms with Crippen molar-refractivity contribution in [3.63, 3.8) is 0 Å². The third-order valence-electron chi connectivity index (χ3n) is 6.35. The summed E-state index contributed by atoms with van der Waals surface area (Å²) in [5.41, 5.74) is 2.21. The topological polar surface area (TPSA) is 113 Å². The number of nitrogens with one attached hydrogen (secondary N) is 2. The molecule has 0 bridgehead atoms. The number of hydrogen-bond donors (Lipinski definition) is 4. The van der Waals surface area contributed by atoms with Crippen LogP contribution in [0.4, 0.5) is 4.39 Å². The van der Waals surface area contributed by atoms with Gasteiger partial charge < -0.3 is 30.2 Å². The van der Waals surface area contributed by atoms with Crippen LogP contribution in [0.25, 0.3) is 10.9 Å². The van der Waals surface area contributed by atoms with Crippen LogP contribution in [0.3, 0.4) is 0 Å². The molecular weight excluding hydrogens is 513 g/mol. The van der Waals surface area contributed by atoms with Gasteiger partial charge in [0.15, 0.2) is 11.5 Å². The molecule has 210 valence electrons. The van der Waals surface area contributed by atoms with Gasteiger partial charge in [0.25, 0.3) is 5.91 Å². The molecule has 0 saturated heterocycles. The predicted molar refractivity (Wildman–Crippen MR) is 151 cm³/mol. The molecule has 0 saturated carbocycles. The average molecular weight is 548 g/mol. The van der Waals surface area contributed by atoms with Gasteiger partial charge in [0.2, 0.25) is 5.91 Å². The number of phenols is 2. The van der Waals surface area contributed by atoms with Gasteiger partial charge in [-0.1, -0.05) is 36.4 Å². The summed E-state index contributed by atoms with van der Waals surface area (Å²) in [7, 11) is 0. The number of aromatic hydroxyl groups is 2. The fourth-order valence-electron chi connectivity index (χ4n) is 4.27. The number of nitrogens with zero attached hydrogens (tertiary/aromatic N) is 1. The Labute approximate surface area is 232 Å². The van der Waals surface area contributed by atoms with E-state index in [2.05, 4.69) is 10.6 Å². The van der Waals surface area contributed by atoms with E-state index in [1.54, 1.807) is 24.3 Å². The summed E-state index contributed by atoms with van der Waals surface area (Å²) in [4.78, 5) is 26.8. The van der Waals surface area contributed by atoms with Gasteiger partial charge in [0.05, 0.1) is 12.2 Å². The lowest BCUT2D eigenvalue weighted by Crippen LogP contribution is -2.51. The summed E-state index contributed by atoms with van der Waals surface area (Å²) in [6.07, 6.45) is 0.409. The zero-order valence-electron chi connectivity index (χ0n) is 22.8. The van der Waals surface area contributed by atoms with Crippen LogP contribution in [-0.2, 0) is 22.5 Å². The number of rotatable bonds is 10. The first-order valence-electron chi connectivity index (χ1n) is 13.1. The molecule has 1 heterocycles. The average Bonchev–Trinajstić information content (AvgIpc) is 3.27. The van der Waals surface area contributed by atoms with Crippen LogP contribution >= 0.6 is 0 Å². The lowest BCUT2D eigenvalue weighted by Gasteiger charge is -2.25. The van der Waals surface area contributed by atoms with Crippen molar-refractivity contribution in [1.82, 2.24) is 15.2 Å². The maximum absolute atomic E-state index is 13.6. The molecule has 1 atom stereocenters. The Morgan fingerprint density at radius 2 is 1.65 bits per heavy atom. The summed E-state index contributed by atoms with van der Waals surface area (Å²) in [5, 5.41) is 25.7. The van der Waals surface area contributed by atoms with Crippen LogP contribution in [0.2, 0.25) is 0 Å². The van der Waals surface area contributed by atoms with Gasteiger partial charge in [-0.25, -0.2) is 4.39 Å². The van der Waals surface area contributed by atoms with Crippen molar-refractivity contribution in [2.75, 3.05) is 13.2 Å². The summed E-state index contributed by atoms with van der Waals surface area (Å²) < 4.78 is 21.2. The van der Waals surface area contributed by atoms with Crippen molar-refractivity contribution in [3.05, 3.63) is 95.4 Å². The second kappa shape index (κ2) is 12.2. The van der Waals surface area contributed by atoms with Crippen LogP contribution < -0.4 is 10.6 Å². The van der Waals surface area contributed by atoms with Crippen molar-refractivity contribution in [2.24, 2.45) is 0 Å². The molecule has 0 spiro atoms. The number of amides is 2. The molecule has 0 aliphatic carbocycles. The molecule has 0 aliphatic heterocycles. The first kappa shape index (κ1) is 28.6. The molecule has 0 radical (unpaired) electrons. The maximum Gasteiger partial charge on any atom is 0.268 e. The van der Waals surface area contributed by atoms with E-state index in [1.807, 2.05) is 49.6 Å². The van der Waals surface area contributed by atoms with Crippen molar-refractivity contribution in [2.45, 2.75) is 45.4 Å². The standard InChI is InChI=1S/C31H34FN3O5/c1-31(2,3)40-19-24(29(38)33-15-14-20-10-13-27(36)28(37)16-20)34-30(39)26-17-22-6-4-5-7-25(22)35(26)18-21-8-11-23(32)12-9-21/h4-13,16-17,24,36-37H,14-15,18-19H2,1-3H3,(H,33,38)(H,34,39)/t24-/m0/s1. The Bertz CT molecular complexity index is 1490. The van der Waals surface area contributed by atoms with E-state index in [0.29, 0.717) is 18.7 Å². The number of halogens is 1. The molecule has 2 amide bonds. The van der Waals surface area contributed by atoms with Gasteiger partial charge in [-0.05, 0) is 74.7 Å². The smallest absolute Gasteiger partial charge is 0.268 e. The minimum Gasteiger partial charge on any atom is -0.504 e. The number of carbonyl (C=O) groups is 2.